The van der Waals surface area contributed by atoms with Gasteiger partial charge in [-0.2, -0.15) is 13.2 Å². The summed E-state index contributed by atoms with van der Waals surface area (Å²) in [6, 6.07) is 11.2. The smallest absolute Gasteiger partial charge is 0.418 e. The molecule has 0 aliphatic heterocycles. The highest BCUT2D eigenvalue weighted by molar-refractivity contribution is 9.10. The van der Waals surface area contributed by atoms with Crippen molar-refractivity contribution in [2.24, 2.45) is 0 Å². The molecule has 0 heterocycles. The number of anilines is 1. The fourth-order valence-corrected chi connectivity index (χ4v) is 2.30. The molecule has 0 fully saturated rings. The summed E-state index contributed by atoms with van der Waals surface area (Å²) in [4.78, 5) is 0. The summed E-state index contributed by atoms with van der Waals surface area (Å²) in [6.07, 6.45) is -4.44. The molecule has 2 aromatic carbocycles. The van der Waals surface area contributed by atoms with Gasteiger partial charge in [0.15, 0.2) is 0 Å². The van der Waals surface area contributed by atoms with Crippen LogP contribution < -0.4 is 10.1 Å². The van der Waals surface area contributed by atoms with E-state index in [1.807, 2.05) is 24.3 Å². The van der Waals surface area contributed by atoms with Crippen LogP contribution in [0.25, 0.3) is 0 Å². The number of nitrogens with one attached hydrogen (secondary N) is 1. The molecule has 0 bridgehead atoms. The van der Waals surface area contributed by atoms with Gasteiger partial charge in [-0.3, -0.25) is 0 Å². The molecule has 2 nitrogen and oxygen atoms in total. The van der Waals surface area contributed by atoms with E-state index in [-0.39, 0.29) is 18.0 Å². The Morgan fingerprint density at radius 1 is 1.14 bits per heavy atom. The number of hydrogen-bond acceptors (Lipinski definition) is 2. The Hall–Kier alpha value is -1.69. The van der Waals surface area contributed by atoms with Crippen molar-refractivity contribution in [3.63, 3.8) is 0 Å². The van der Waals surface area contributed by atoms with Gasteiger partial charge in [0.05, 0.1) is 12.7 Å². The first-order valence-electron chi connectivity index (χ1n) is 6.14. The average Bonchev–Trinajstić information content (AvgIpc) is 2.45. The molecule has 0 saturated carbocycles. The minimum Gasteiger partial charge on any atom is -0.497 e. The molecule has 112 valence electrons. The lowest BCUT2D eigenvalue weighted by Crippen LogP contribution is -2.11. The SMILES string of the molecule is COc1ccc(NCc2ccccc2Br)c(C(F)(F)F)c1. The molecule has 2 aromatic rings. The fourth-order valence-electron chi connectivity index (χ4n) is 1.87. The van der Waals surface area contributed by atoms with Crippen molar-refractivity contribution in [2.45, 2.75) is 12.7 Å². The molecule has 0 spiro atoms. The van der Waals surface area contributed by atoms with E-state index in [0.29, 0.717) is 0 Å². The van der Waals surface area contributed by atoms with Gasteiger partial charge in [-0.25, -0.2) is 0 Å². The topological polar surface area (TPSA) is 21.3 Å². The number of benzene rings is 2. The highest BCUT2D eigenvalue weighted by Crippen LogP contribution is 2.37. The standard InChI is InChI=1S/C15H13BrF3NO/c1-21-11-6-7-14(12(8-11)15(17,18)19)20-9-10-4-2-3-5-13(10)16/h2-8,20H,9H2,1H3. The van der Waals surface area contributed by atoms with E-state index in [0.717, 1.165) is 16.1 Å². The molecule has 0 radical (unpaired) electrons. The van der Waals surface area contributed by atoms with Gasteiger partial charge in [0.25, 0.3) is 0 Å². The van der Waals surface area contributed by atoms with E-state index >= 15 is 0 Å². The van der Waals surface area contributed by atoms with Crippen LogP contribution in [-0.4, -0.2) is 7.11 Å². The summed E-state index contributed by atoms with van der Waals surface area (Å²) in [5, 5.41) is 2.82. The molecule has 0 aliphatic carbocycles. The first kappa shape index (κ1) is 15.7. The summed E-state index contributed by atoms with van der Waals surface area (Å²) in [5.74, 6) is 0.175. The van der Waals surface area contributed by atoms with E-state index in [2.05, 4.69) is 21.2 Å². The Kier molecular flexibility index (Phi) is 4.77. The molecule has 0 atom stereocenters. The zero-order valence-corrected chi connectivity index (χ0v) is 12.8. The van der Waals surface area contributed by atoms with Crippen LogP contribution in [0.5, 0.6) is 5.75 Å². The number of alkyl halides is 3. The molecule has 1 N–H and O–H groups in total. The second-order valence-corrected chi connectivity index (χ2v) is 5.21. The van der Waals surface area contributed by atoms with Crippen LogP contribution in [0.2, 0.25) is 0 Å². The number of methoxy groups -OCH3 is 1. The van der Waals surface area contributed by atoms with Crippen LogP contribution in [0.4, 0.5) is 18.9 Å². The van der Waals surface area contributed by atoms with E-state index in [1.165, 1.54) is 19.2 Å². The predicted octanol–water partition coefficient (Wildman–Crippen LogP) is 5.09. The van der Waals surface area contributed by atoms with Crippen molar-refractivity contribution in [3.05, 3.63) is 58.1 Å². The van der Waals surface area contributed by atoms with Crippen LogP contribution in [0.3, 0.4) is 0 Å². The fraction of sp³-hybridized carbons (Fsp3) is 0.200. The number of halogens is 4. The highest BCUT2D eigenvalue weighted by Gasteiger charge is 2.34. The van der Waals surface area contributed by atoms with Crippen molar-refractivity contribution < 1.29 is 17.9 Å². The van der Waals surface area contributed by atoms with Gasteiger partial charge in [-0.05, 0) is 29.8 Å². The van der Waals surface area contributed by atoms with Gasteiger partial charge < -0.3 is 10.1 Å². The Bertz CT molecular complexity index is 629. The Balaban J connectivity index is 2.26. The van der Waals surface area contributed by atoms with Gasteiger partial charge in [-0.1, -0.05) is 34.1 Å². The van der Waals surface area contributed by atoms with Crippen molar-refractivity contribution in [1.29, 1.82) is 0 Å². The molecular weight excluding hydrogens is 347 g/mol. The minimum atomic E-state index is -4.44. The largest absolute Gasteiger partial charge is 0.497 e. The van der Waals surface area contributed by atoms with Crippen LogP contribution in [0, 0.1) is 0 Å². The summed E-state index contributed by atoms with van der Waals surface area (Å²) in [5.41, 5.74) is 0.161. The van der Waals surface area contributed by atoms with Crippen LogP contribution in [0.1, 0.15) is 11.1 Å². The van der Waals surface area contributed by atoms with Gasteiger partial charge in [-0.15, -0.1) is 0 Å². The number of ether oxygens (including phenoxy) is 1. The third-order valence-electron chi connectivity index (χ3n) is 2.96. The first-order chi connectivity index (χ1) is 9.91. The predicted molar refractivity (Wildman–Crippen MR) is 79.5 cm³/mol. The number of rotatable bonds is 4. The summed E-state index contributed by atoms with van der Waals surface area (Å²) < 4.78 is 44.9. The molecule has 6 heteroatoms. The van der Waals surface area contributed by atoms with E-state index in [1.54, 1.807) is 0 Å². The lowest BCUT2D eigenvalue weighted by molar-refractivity contribution is -0.137. The normalized spacial score (nSPS) is 11.3. The van der Waals surface area contributed by atoms with E-state index in [4.69, 9.17) is 4.74 Å². The molecule has 0 unspecified atom stereocenters. The van der Waals surface area contributed by atoms with Crippen molar-refractivity contribution in [3.8, 4) is 5.75 Å². The molecule has 2 rings (SSSR count). The van der Waals surface area contributed by atoms with Gasteiger partial charge in [0.1, 0.15) is 5.75 Å². The van der Waals surface area contributed by atoms with Crippen molar-refractivity contribution >= 4 is 21.6 Å². The summed E-state index contributed by atoms with van der Waals surface area (Å²) >= 11 is 3.37. The van der Waals surface area contributed by atoms with Crippen LogP contribution in [0.15, 0.2) is 46.9 Å². The zero-order valence-electron chi connectivity index (χ0n) is 11.2. The third kappa shape index (κ3) is 3.91. The molecule has 0 amide bonds. The summed E-state index contributed by atoms with van der Waals surface area (Å²) in [7, 11) is 1.34. The Morgan fingerprint density at radius 2 is 1.86 bits per heavy atom. The van der Waals surface area contributed by atoms with E-state index in [9.17, 15) is 13.2 Å². The maximum atomic E-state index is 13.1. The average molecular weight is 360 g/mol. The summed E-state index contributed by atoms with van der Waals surface area (Å²) in [6.45, 7) is 0.289. The molecule has 0 aromatic heterocycles. The zero-order chi connectivity index (χ0) is 15.5. The Morgan fingerprint density at radius 3 is 2.48 bits per heavy atom. The lowest BCUT2D eigenvalue weighted by atomic mass is 10.1. The number of hydrogen-bond donors (Lipinski definition) is 1. The molecule has 0 aliphatic rings. The monoisotopic (exact) mass is 359 g/mol. The van der Waals surface area contributed by atoms with Gasteiger partial charge in [0, 0.05) is 16.7 Å². The maximum absolute atomic E-state index is 13.1. The second kappa shape index (κ2) is 6.39. The van der Waals surface area contributed by atoms with Gasteiger partial charge in [0.2, 0.25) is 0 Å². The van der Waals surface area contributed by atoms with Gasteiger partial charge >= 0.3 is 6.18 Å². The molecule has 21 heavy (non-hydrogen) atoms. The maximum Gasteiger partial charge on any atom is 0.418 e. The third-order valence-corrected chi connectivity index (χ3v) is 3.73. The lowest BCUT2D eigenvalue weighted by Gasteiger charge is -2.16. The first-order valence-corrected chi connectivity index (χ1v) is 6.93. The van der Waals surface area contributed by atoms with Crippen molar-refractivity contribution in [2.75, 3.05) is 12.4 Å². The molecule has 0 saturated heterocycles. The van der Waals surface area contributed by atoms with E-state index < -0.39 is 11.7 Å². The highest BCUT2D eigenvalue weighted by atomic mass is 79.9. The Labute approximate surface area is 129 Å². The quantitative estimate of drug-likeness (QED) is 0.820. The molecular formula is C15H13BrF3NO. The minimum absolute atomic E-state index is 0.0269. The van der Waals surface area contributed by atoms with Crippen LogP contribution >= 0.6 is 15.9 Å². The van der Waals surface area contributed by atoms with Crippen molar-refractivity contribution in [1.82, 2.24) is 0 Å². The van der Waals surface area contributed by atoms with Crippen LogP contribution in [-0.2, 0) is 12.7 Å². The second-order valence-electron chi connectivity index (χ2n) is 4.35.